The van der Waals surface area contributed by atoms with Crippen LogP contribution < -0.4 is 5.32 Å². The van der Waals surface area contributed by atoms with Crippen LogP contribution in [0, 0.1) is 13.8 Å². The molecular weight excluding hydrogens is 266 g/mol. The summed E-state index contributed by atoms with van der Waals surface area (Å²) in [5.41, 5.74) is 3.47. The molecule has 2 heterocycles. The number of hydrogen-bond acceptors (Lipinski definition) is 3. The average molecular weight is 284 g/mol. The van der Waals surface area contributed by atoms with E-state index in [1.54, 1.807) is 16.0 Å². The van der Waals surface area contributed by atoms with Crippen molar-refractivity contribution in [1.29, 1.82) is 0 Å². The zero-order chi connectivity index (χ0) is 13.3. The number of nitrogens with one attached hydrogen (secondary N) is 1. The fourth-order valence-corrected chi connectivity index (χ4v) is 3.47. The van der Waals surface area contributed by atoms with Crippen molar-refractivity contribution in [1.82, 2.24) is 15.1 Å². The van der Waals surface area contributed by atoms with E-state index in [0.717, 1.165) is 22.8 Å². The minimum Gasteiger partial charge on any atom is -0.312 e. The van der Waals surface area contributed by atoms with E-state index in [1.165, 1.54) is 10.4 Å². The van der Waals surface area contributed by atoms with Crippen LogP contribution in [0.5, 0.6) is 0 Å². The molecule has 0 aliphatic heterocycles. The highest BCUT2D eigenvalue weighted by molar-refractivity contribution is 7.10. The van der Waals surface area contributed by atoms with Gasteiger partial charge in [-0.05, 0) is 44.3 Å². The standard InChI is InChI=1S/C13H18ClN3S/c1-8-5-6-18-12(8)11(15-3)7-10-9(2)16-17(4)13(10)14/h5-6,11,15H,7H2,1-4H3. The molecule has 0 aromatic carbocycles. The largest absolute Gasteiger partial charge is 0.312 e. The van der Waals surface area contributed by atoms with Crippen molar-refractivity contribution >= 4 is 22.9 Å². The quantitative estimate of drug-likeness (QED) is 0.933. The minimum absolute atomic E-state index is 0.297. The normalized spacial score (nSPS) is 12.9. The van der Waals surface area contributed by atoms with E-state index in [1.807, 2.05) is 21.0 Å². The Balaban J connectivity index is 2.29. The molecule has 1 unspecified atom stereocenters. The first-order chi connectivity index (χ1) is 8.54. The lowest BCUT2D eigenvalue weighted by atomic mass is 10.0. The summed E-state index contributed by atoms with van der Waals surface area (Å²) in [7, 11) is 3.87. The van der Waals surface area contributed by atoms with Gasteiger partial charge in [0.05, 0.1) is 5.69 Å². The van der Waals surface area contributed by atoms with E-state index < -0.39 is 0 Å². The van der Waals surface area contributed by atoms with E-state index in [9.17, 15) is 0 Å². The summed E-state index contributed by atoms with van der Waals surface area (Å²) in [6.07, 6.45) is 0.871. The number of aryl methyl sites for hydroxylation is 3. The number of rotatable bonds is 4. The Morgan fingerprint density at radius 2 is 2.22 bits per heavy atom. The van der Waals surface area contributed by atoms with Crippen LogP contribution in [-0.2, 0) is 13.5 Å². The highest BCUT2D eigenvalue weighted by Gasteiger charge is 2.19. The third kappa shape index (κ3) is 2.46. The predicted molar refractivity (Wildman–Crippen MR) is 77.5 cm³/mol. The summed E-state index contributed by atoms with van der Waals surface area (Å²) < 4.78 is 1.74. The Bertz CT molecular complexity index is 544. The molecule has 0 aliphatic rings. The van der Waals surface area contributed by atoms with Gasteiger partial charge in [-0.3, -0.25) is 4.68 Å². The topological polar surface area (TPSA) is 29.9 Å². The summed E-state index contributed by atoms with van der Waals surface area (Å²) in [5.74, 6) is 0. The number of aromatic nitrogens is 2. The van der Waals surface area contributed by atoms with E-state index in [2.05, 4.69) is 28.8 Å². The molecule has 2 aromatic rings. The second-order valence-corrected chi connectivity index (χ2v) is 5.80. The third-order valence-corrected chi connectivity index (χ3v) is 4.85. The van der Waals surface area contributed by atoms with Gasteiger partial charge in [-0.15, -0.1) is 11.3 Å². The van der Waals surface area contributed by atoms with Crippen LogP contribution in [0.25, 0.3) is 0 Å². The molecule has 0 aliphatic carbocycles. The highest BCUT2D eigenvalue weighted by atomic mass is 35.5. The average Bonchev–Trinajstić information content (AvgIpc) is 2.84. The van der Waals surface area contributed by atoms with Gasteiger partial charge in [0.25, 0.3) is 0 Å². The second-order valence-electron chi connectivity index (χ2n) is 4.49. The molecule has 0 bridgehead atoms. The maximum absolute atomic E-state index is 6.29. The van der Waals surface area contributed by atoms with Crippen LogP contribution >= 0.6 is 22.9 Å². The fourth-order valence-electron chi connectivity index (χ4n) is 2.18. The van der Waals surface area contributed by atoms with E-state index >= 15 is 0 Å². The molecule has 0 radical (unpaired) electrons. The zero-order valence-electron chi connectivity index (χ0n) is 11.1. The summed E-state index contributed by atoms with van der Waals surface area (Å²) in [4.78, 5) is 1.37. The fraction of sp³-hybridized carbons (Fsp3) is 0.462. The van der Waals surface area contributed by atoms with E-state index in [0.29, 0.717) is 6.04 Å². The first kappa shape index (κ1) is 13.6. The van der Waals surface area contributed by atoms with Crippen molar-refractivity contribution in [3.8, 4) is 0 Å². The van der Waals surface area contributed by atoms with Gasteiger partial charge in [-0.25, -0.2) is 0 Å². The van der Waals surface area contributed by atoms with E-state index in [-0.39, 0.29) is 0 Å². The molecule has 0 amide bonds. The highest BCUT2D eigenvalue weighted by Crippen LogP contribution is 2.29. The molecule has 0 saturated heterocycles. The van der Waals surface area contributed by atoms with Crippen molar-refractivity contribution in [2.75, 3.05) is 7.05 Å². The molecule has 3 nitrogen and oxygen atoms in total. The first-order valence-corrected chi connectivity index (χ1v) is 7.19. The molecule has 0 spiro atoms. The lowest BCUT2D eigenvalue weighted by Gasteiger charge is -2.16. The smallest absolute Gasteiger partial charge is 0.130 e. The molecule has 2 rings (SSSR count). The Morgan fingerprint density at radius 1 is 1.50 bits per heavy atom. The third-order valence-electron chi connectivity index (χ3n) is 3.24. The summed E-state index contributed by atoms with van der Waals surface area (Å²) in [6.45, 7) is 4.16. The Labute approximate surface area is 117 Å². The second kappa shape index (κ2) is 5.43. The SMILES string of the molecule is CNC(Cc1c(C)nn(C)c1Cl)c1sccc1C. The molecule has 0 fully saturated rings. The van der Waals surface area contributed by atoms with Crippen LogP contribution in [0.3, 0.4) is 0 Å². The Hall–Kier alpha value is -0.840. The van der Waals surface area contributed by atoms with Gasteiger partial charge in [0.15, 0.2) is 0 Å². The number of likely N-dealkylation sites (N-methyl/N-ethyl adjacent to an activating group) is 1. The van der Waals surface area contributed by atoms with Crippen LogP contribution in [0.1, 0.15) is 27.7 Å². The van der Waals surface area contributed by atoms with Crippen LogP contribution in [0.4, 0.5) is 0 Å². The van der Waals surface area contributed by atoms with Gasteiger partial charge in [0, 0.05) is 23.5 Å². The van der Waals surface area contributed by atoms with E-state index in [4.69, 9.17) is 11.6 Å². The van der Waals surface area contributed by atoms with Crippen molar-refractivity contribution in [2.24, 2.45) is 7.05 Å². The molecule has 0 saturated carbocycles. The number of halogens is 1. The molecular formula is C13H18ClN3S. The molecule has 18 heavy (non-hydrogen) atoms. The number of thiophene rings is 1. The Morgan fingerprint density at radius 3 is 2.67 bits per heavy atom. The summed E-state index contributed by atoms with van der Waals surface area (Å²) in [6, 6.07) is 2.45. The first-order valence-electron chi connectivity index (χ1n) is 5.93. The molecule has 98 valence electrons. The zero-order valence-corrected chi connectivity index (χ0v) is 12.7. The predicted octanol–water partition coefficient (Wildman–Crippen LogP) is 3.26. The molecule has 5 heteroatoms. The summed E-state index contributed by atoms with van der Waals surface area (Å²) in [5, 5.41) is 10.6. The maximum Gasteiger partial charge on any atom is 0.130 e. The lowest BCUT2D eigenvalue weighted by Crippen LogP contribution is -2.18. The van der Waals surface area contributed by atoms with Crippen LogP contribution in [0.2, 0.25) is 5.15 Å². The monoisotopic (exact) mass is 283 g/mol. The number of hydrogen-bond donors (Lipinski definition) is 1. The van der Waals surface area contributed by atoms with Gasteiger partial charge in [-0.1, -0.05) is 11.6 Å². The van der Waals surface area contributed by atoms with Crippen molar-refractivity contribution < 1.29 is 0 Å². The summed E-state index contributed by atoms with van der Waals surface area (Å²) >= 11 is 8.08. The molecule has 1 N–H and O–H groups in total. The van der Waals surface area contributed by atoms with Crippen LogP contribution in [-0.4, -0.2) is 16.8 Å². The van der Waals surface area contributed by atoms with Gasteiger partial charge >= 0.3 is 0 Å². The van der Waals surface area contributed by atoms with Crippen molar-refractivity contribution in [3.63, 3.8) is 0 Å². The van der Waals surface area contributed by atoms with Crippen molar-refractivity contribution in [2.45, 2.75) is 26.3 Å². The number of nitrogens with zero attached hydrogens (tertiary/aromatic N) is 2. The lowest BCUT2D eigenvalue weighted by molar-refractivity contribution is 0.598. The van der Waals surface area contributed by atoms with Gasteiger partial charge < -0.3 is 5.32 Å². The van der Waals surface area contributed by atoms with Gasteiger partial charge in [-0.2, -0.15) is 5.10 Å². The van der Waals surface area contributed by atoms with Gasteiger partial charge in [0.1, 0.15) is 5.15 Å². The van der Waals surface area contributed by atoms with Crippen LogP contribution in [0.15, 0.2) is 11.4 Å². The minimum atomic E-state index is 0.297. The molecule has 1 atom stereocenters. The molecule has 2 aromatic heterocycles. The van der Waals surface area contributed by atoms with Crippen molar-refractivity contribution in [3.05, 3.63) is 38.3 Å². The van der Waals surface area contributed by atoms with Gasteiger partial charge in [0.2, 0.25) is 0 Å². The maximum atomic E-state index is 6.29. The Kier molecular flexibility index (Phi) is 4.10.